The first-order valence-corrected chi connectivity index (χ1v) is 6.20. The van der Waals surface area contributed by atoms with Crippen LogP contribution in [-0.2, 0) is 19.5 Å². The lowest BCUT2D eigenvalue weighted by molar-refractivity contribution is 0.471. The van der Waals surface area contributed by atoms with Gasteiger partial charge in [0, 0.05) is 13.1 Å². The van der Waals surface area contributed by atoms with Gasteiger partial charge in [-0.1, -0.05) is 31.2 Å². The van der Waals surface area contributed by atoms with Crippen LogP contribution in [0.3, 0.4) is 0 Å². The maximum atomic E-state index is 9.13. The van der Waals surface area contributed by atoms with E-state index < -0.39 is 0 Å². The van der Waals surface area contributed by atoms with E-state index in [0.717, 1.165) is 18.7 Å². The van der Waals surface area contributed by atoms with E-state index in [1.54, 1.807) is 6.07 Å². The van der Waals surface area contributed by atoms with Crippen molar-refractivity contribution < 1.29 is 5.11 Å². The minimum atomic E-state index is 0.203. The van der Waals surface area contributed by atoms with Crippen molar-refractivity contribution in [3.05, 3.63) is 59.4 Å². The van der Waals surface area contributed by atoms with Gasteiger partial charge in [0.1, 0.15) is 5.75 Å². The Bertz CT molecular complexity index is 477. The molecule has 0 atom stereocenters. The van der Waals surface area contributed by atoms with Gasteiger partial charge >= 0.3 is 0 Å². The van der Waals surface area contributed by atoms with Crippen molar-refractivity contribution in [2.75, 3.05) is 0 Å². The molecular formula is C15H18N2O. The molecule has 94 valence electrons. The fraction of sp³-hybridized carbons (Fsp3) is 0.267. The van der Waals surface area contributed by atoms with Crippen LogP contribution in [0.5, 0.6) is 5.75 Å². The van der Waals surface area contributed by atoms with Crippen LogP contribution in [0.2, 0.25) is 0 Å². The van der Waals surface area contributed by atoms with Gasteiger partial charge < -0.3 is 10.4 Å². The maximum Gasteiger partial charge on any atom is 0.133 e. The lowest BCUT2D eigenvalue weighted by Gasteiger charge is -2.05. The molecule has 0 aliphatic heterocycles. The van der Waals surface area contributed by atoms with Crippen molar-refractivity contribution in [3.8, 4) is 5.75 Å². The van der Waals surface area contributed by atoms with Crippen LogP contribution >= 0.6 is 0 Å². The first-order valence-electron chi connectivity index (χ1n) is 6.20. The number of aryl methyl sites for hydroxylation is 1. The Labute approximate surface area is 108 Å². The molecule has 0 aliphatic carbocycles. The Morgan fingerprint density at radius 1 is 1.00 bits per heavy atom. The number of nitrogens with zero attached hydrogens (tertiary/aromatic N) is 1. The predicted octanol–water partition coefficient (Wildman–Crippen LogP) is 2.64. The van der Waals surface area contributed by atoms with E-state index >= 15 is 0 Å². The van der Waals surface area contributed by atoms with Gasteiger partial charge in [-0.15, -0.1) is 0 Å². The molecule has 0 amide bonds. The molecular weight excluding hydrogens is 224 g/mol. The minimum absolute atomic E-state index is 0.203. The van der Waals surface area contributed by atoms with E-state index in [2.05, 4.69) is 41.5 Å². The van der Waals surface area contributed by atoms with E-state index in [-0.39, 0.29) is 5.75 Å². The van der Waals surface area contributed by atoms with Crippen LogP contribution in [0.1, 0.15) is 23.7 Å². The fourth-order valence-corrected chi connectivity index (χ4v) is 1.75. The first-order chi connectivity index (χ1) is 8.78. The topological polar surface area (TPSA) is 45.1 Å². The van der Waals surface area contributed by atoms with Crippen molar-refractivity contribution in [1.82, 2.24) is 10.3 Å². The van der Waals surface area contributed by atoms with Gasteiger partial charge in [-0.25, -0.2) is 0 Å². The third-order valence-electron chi connectivity index (χ3n) is 2.88. The molecule has 0 bridgehead atoms. The quantitative estimate of drug-likeness (QED) is 0.847. The van der Waals surface area contributed by atoms with E-state index in [1.165, 1.54) is 17.3 Å². The number of pyridine rings is 1. The molecule has 3 nitrogen and oxygen atoms in total. The second-order valence-corrected chi connectivity index (χ2v) is 4.28. The summed E-state index contributed by atoms with van der Waals surface area (Å²) in [5.41, 5.74) is 3.56. The van der Waals surface area contributed by atoms with E-state index in [9.17, 15) is 0 Å². The van der Waals surface area contributed by atoms with Crippen LogP contribution in [0.25, 0.3) is 0 Å². The molecule has 2 aromatic rings. The smallest absolute Gasteiger partial charge is 0.133 e. The molecule has 0 spiro atoms. The molecule has 0 saturated carbocycles. The summed E-state index contributed by atoms with van der Waals surface area (Å²) in [7, 11) is 0. The Balaban J connectivity index is 1.82. The Kier molecular flexibility index (Phi) is 4.31. The average Bonchev–Trinajstić information content (AvgIpc) is 2.42. The highest BCUT2D eigenvalue weighted by atomic mass is 16.3. The normalized spacial score (nSPS) is 10.5. The molecule has 1 heterocycles. The number of benzene rings is 1. The van der Waals surface area contributed by atoms with Gasteiger partial charge in [0.15, 0.2) is 0 Å². The monoisotopic (exact) mass is 242 g/mol. The molecule has 18 heavy (non-hydrogen) atoms. The van der Waals surface area contributed by atoms with Gasteiger partial charge in [0.05, 0.1) is 11.9 Å². The van der Waals surface area contributed by atoms with Gasteiger partial charge in [0.2, 0.25) is 0 Å². The summed E-state index contributed by atoms with van der Waals surface area (Å²) in [5.74, 6) is 0.203. The van der Waals surface area contributed by atoms with Crippen LogP contribution in [0.15, 0.2) is 42.6 Å². The van der Waals surface area contributed by atoms with Crippen molar-refractivity contribution in [3.63, 3.8) is 0 Å². The summed E-state index contributed by atoms with van der Waals surface area (Å²) < 4.78 is 0. The zero-order valence-electron chi connectivity index (χ0n) is 10.6. The number of aromatic nitrogens is 1. The second-order valence-electron chi connectivity index (χ2n) is 4.28. The SMILES string of the molecule is CCc1ccc(CNCc2ccc(O)cn2)cc1. The molecule has 1 aromatic carbocycles. The van der Waals surface area contributed by atoms with Crippen molar-refractivity contribution >= 4 is 0 Å². The Morgan fingerprint density at radius 2 is 1.72 bits per heavy atom. The third kappa shape index (κ3) is 3.57. The fourth-order valence-electron chi connectivity index (χ4n) is 1.75. The van der Waals surface area contributed by atoms with Gasteiger partial charge in [0.25, 0.3) is 0 Å². The maximum absolute atomic E-state index is 9.13. The number of hydrogen-bond donors (Lipinski definition) is 2. The second kappa shape index (κ2) is 6.17. The number of nitrogens with one attached hydrogen (secondary N) is 1. The number of hydrogen-bond acceptors (Lipinski definition) is 3. The van der Waals surface area contributed by atoms with E-state index in [0.29, 0.717) is 6.54 Å². The molecule has 2 rings (SSSR count). The van der Waals surface area contributed by atoms with Gasteiger partial charge in [-0.05, 0) is 29.7 Å². The third-order valence-corrected chi connectivity index (χ3v) is 2.88. The van der Waals surface area contributed by atoms with Crippen LogP contribution < -0.4 is 5.32 Å². The zero-order valence-corrected chi connectivity index (χ0v) is 10.6. The molecule has 2 N–H and O–H groups in total. The minimum Gasteiger partial charge on any atom is -0.506 e. The molecule has 0 saturated heterocycles. The molecule has 1 aromatic heterocycles. The predicted molar refractivity (Wildman–Crippen MR) is 72.3 cm³/mol. The largest absolute Gasteiger partial charge is 0.506 e. The summed E-state index contributed by atoms with van der Waals surface area (Å²) in [6.45, 7) is 3.69. The standard InChI is InChI=1S/C15H18N2O/c1-2-12-3-5-13(6-4-12)9-16-10-14-7-8-15(18)11-17-14/h3-8,11,16,18H,2,9-10H2,1H3. The van der Waals surface area contributed by atoms with Crippen LogP contribution in [-0.4, -0.2) is 10.1 Å². The van der Waals surface area contributed by atoms with Crippen molar-refractivity contribution in [2.45, 2.75) is 26.4 Å². The number of rotatable bonds is 5. The highest BCUT2D eigenvalue weighted by molar-refractivity contribution is 5.22. The summed E-state index contributed by atoms with van der Waals surface area (Å²) in [6, 6.07) is 12.1. The highest BCUT2D eigenvalue weighted by Gasteiger charge is 1.96. The molecule has 3 heteroatoms. The molecule has 0 aliphatic rings. The highest BCUT2D eigenvalue weighted by Crippen LogP contribution is 2.07. The van der Waals surface area contributed by atoms with Crippen molar-refractivity contribution in [2.24, 2.45) is 0 Å². The lowest BCUT2D eigenvalue weighted by atomic mass is 10.1. The molecule has 0 radical (unpaired) electrons. The molecule has 0 fully saturated rings. The Hall–Kier alpha value is -1.87. The van der Waals surface area contributed by atoms with Gasteiger partial charge in [-0.3, -0.25) is 4.98 Å². The van der Waals surface area contributed by atoms with Crippen LogP contribution in [0, 0.1) is 0 Å². The summed E-state index contributed by atoms with van der Waals surface area (Å²) in [4.78, 5) is 4.12. The summed E-state index contributed by atoms with van der Waals surface area (Å²) in [5, 5.41) is 12.5. The molecule has 0 unspecified atom stereocenters. The lowest BCUT2D eigenvalue weighted by Crippen LogP contribution is -2.13. The van der Waals surface area contributed by atoms with E-state index in [1.807, 2.05) is 6.07 Å². The van der Waals surface area contributed by atoms with Gasteiger partial charge in [-0.2, -0.15) is 0 Å². The first kappa shape index (κ1) is 12.6. The van der Waals surface area contributed by atoms with E-state index in [4.69, 9.17) is 5.11 Å². The zero-order chi connectivity index (χ0) is 12.8. The summed E-state index contributed by atoms with van der Waals surface area (Å²) >= 11 is 0. The summed E-state index contributed by atoms with van der Waals surface area (Å²) in [6.07, 6.45) is 2.54. The Morgan fingerprint density at radius 3 is 2.33 bits per heavy atom. The van der Waals surface area contributed by atoms with Crippen molar-refractivity contribution in [1.29, 1.82) is 0 Å². The number of aromatic hydroxyl groups is 1. The van der Waals surface area contributed by atoms with Crippen LogP contribution in [0.4, 0.5) is 0 Å². The average molecular weight is 242 g/mol.